The van der Waals surface area contributed by atoms with Crippen molar-refractivity contribution in [3.63, 3.8) is 0 Å². The Balaban J connectivity index is 0. The first-order valence-electron chi connectivity index (χ1n) is 5.18. The van der Waals surface area contributed by atoms with Crippen LogP contribution in [0.5, 0.6) is 0 Å². The van der Waals surface area contributed by atoms with Gasteiger partial charge in [0.05, 0.1) is 0 Å². The van der Waals surface area contributed by atoms with Crippen LogP contribution in [0.4, 0.5) is 0 Å². The Kier molecular flexibility index (Phi) is 10.0. The molecule has 2 aromatic rings. The molecule has 0 aliphatic carbocycles. The largest absolute Gasteiger partial charge is 1.00 e. The molecule has 2 rings (SSSR count). The van der Waals surface area contributed by atoms with Gasteiger partial charge in [-0.1, -0.05) is 0 Å². The minimum Gasteiger partial charge on any atom is -1.00 e. The van der Waals surface area contributed by atoms with E-state index in [-0.39, 0.29) is 31.0 Å². The summed E-state index contributed by atoms with van der Waals surface area (Å²) in [5.41, 5.74) is 0. The van der Waals surface area contributed by atoms with Gasteiger partial charge in [0.15, 0.2) is 12.4 Å². The van der Waals surface area contributed by atoms with Crippen LogP contribution in [0.2, 0.25) is 0 Å². The summed E-state index contributed by atoms with van der Waals surface area (Å²) in [7, 11) is -2.15. The van der Waals surface area contributed by atoms with Crippen molar-refractivity contribution >= 4 is 32.0 Å². The number of rotatable bonds is 3. The van der Waals surface area contributed by atoms with Crippen LogP contribution in [0.1, 0.15) is 1.43 Å². The minimum atomic E-state index is -4.67. The Morgan fingerprint density at radius 2 is 1.23 bits per heavy atom. The predicted octanol–water partition coefficient (Wildman–Crippen LogP) is -1.78. The van der Waals surface area contributed by atoms with E-state index in [0.717, 1.165) is 9.46 Å². The van der Waals surface area contributed by atoms with Gasteiger partial charge in [-0.25, -0.2) is 0 Å². The molecule has 0 saturated heterocycles. The fourth-order valence-corrected chi connectivity index (χ4v) is 3.03. The standard InChI is InChI=1S/C10H8N2O2S2.Na.H2O4S.H/c13-11-7-3-1-5-9(11)15-16-10-6-2-4-8-12(10)14;;1-5(2,3)4;/h1-8H;;(H2,1,2,3,4);/q;+1;;-1. The fraction of sp³-hybridized carbons (Fsp3) is 0. The van der Waals surface area contributed by atoms with Gasteiger partial charge in [-0.3, -0.25) is 9.11 Å². The third-order valence-corrected chi connectivity index (χ3v) is 4.12. The smallest absolute Gasteiger partial charge is 1.00 e. The van der Waals surface area contributed by atoms with Crippen LogP contribution in [0.3, 0.4) is 0 Å². The Bertz CT molecular complexity index is 653. The van der Waals surface area contributed by atoms with Crippen molar-refractivity contribution in [3.8, 4) is 0 Å². The SMILES string of the molecule is O=S(=O)(O)O.[H-].[Na+].[O-][n+]1ccccc1SSc1cccc[n+]1[O-]. The summed E-state index contributed by atoms with van der Waals surface area (Å²) in [4.78, 5) is 0. The van der Waals surface area contributed by atoms with E-state index in [1.807, 2.05) is 0 Å². The summed E-state index contributed by atoms with van der Waals surface area (Å²) in [6.45, 7) is 0. The molecule has 2 heterocycles. The van der Waals surface area contributed by atoms with Crippen molar-refractivity contribution < 1.29 is 58.0 Å². The van der Waals surface area contributed by atoms with Gasteiger partial charge in [-0.2, -0.15) is 17.9 Å². The molecule has 116 valence electrons. The molecule has 0 spiro atoms. The zero-order chi connectivity index (χ0) is 15.9. The van der Waals surface area contributed by atoms with Crippen molar-refractivity contribution in [1.82, 2.24) is 0 Å². The van der Waals surface area contributed by atoms with Crippen molar-refractivity contribution in [1.29, 1.82) is 0 Å². The Hall–Kier alpha value is -0.530. The summed E-state index contributed by atoms with van der Waals surface area (Å²) < 4.78 is 33.1. The summed E-state index contributed by atoms with van der Waals surface area (Å²) in [6.07, 6.45) is 2.86. The molecule has 0 aliphatic rings. The van der Waals surface area contributed by atoms with Gasteiger partial charge >= 0.3 is 40.0 Å². The van der Waals surface area contributed by atoms with Gasteiger partial charge in [0.25, 0.3) is 10.1 Å². The van der Waals surface area contributed by atoms with Gasteiger partial charge < -0.3 is 11.8 Å². The molecule has 0 unspecified atom stereocenters. The summed E-state index contributed by atoms with van der Waals surface area (Å²) in [5, 5.41) is 23.8. The molecule has 0 amide bonds. The zero-order valence-electron chi connectivity index (χ0n) is 12.3. The summed E-state index contributed by atoms with van der Waals surface area (Å²) in [6, 6.07) is 10.3. The molecule has 0 radical (unpaired) electrons. The van der Waals surface area contributed by atoms with E-state index >= 15 is 0 Å². The Labute approximate surface area is 158 Å². The molecule has 0 saturated carbocycles. The van der Waals surface area contributed by atoms with Crippen molar-refractivity contribution in [2.24, 2.45) is 0 Å². The summed E-state index contributed by atoms with van der Waals surface area (Å²) >= 11 is 0. The van der Waals surface area contributed by atoms with Crippen molar-refractivity contribution in [2.45, 2.75) is 10.1 Å². The Morgan fingerprint density at radius 1 is 0.909 bits per heavy atom. The number of hydrogen-bond acceptors (Lipinski definition) is 6. The van der Waals surface area contributed by atoms with Crippen LogP contribution in [-0.2, 0) is 10.4 Å². The van der Waals surface area contributed by atoms with Gasteiger partial charge in [0.1, 0.15) is 0 Å². The average molecular weight is 374 g/mol. The molecule has 0 aliphatic heterocycles. The molecule has 0 bridgehead atoms. The molecule has 2 aromatic heterocycles. The molecular formula is C10H11N2NaO6S3. The molecule has 8 nitrogen and oxygen atoms in total. The van der Waals surface area contributed by atoms with Crippen LogP contribution in [0, 0.1) is 10.4 Å². The average Bonchev–Trinajstić information content (AvgIpc) is 2.37. The van der Waals surface area contributed by atoms with Crippen molar-refractivity contribution in [3.05, 3.63) is 59.2 Å². The van der Waals surface area contributed by atoms with Crippen LogP contribution >= 0.6 is 21.6 Å². The van der Waals surface area contributed by atoms with Crippen LogP contribution in [-0.4, -0.2) is 17.5 Å². The van der Waals surface area contributed by atoms with E-state index in [4.69, 9.17) is 17.5 Å². The second-order valence-electron chi connectivity index (χ2n) is 3.34. The van der Waals surface area contributed by atoms with Gasteiger partial charge in [0.2, 0.25) is 0 Å². The van der Waals surface area contributed by atoms with E-state index < -0.39 is 10.4 Å². The first-order chi connectivity index (χ1) is 9.77. The van der Waals surface area contributed by atoms with Crippen LogP contribution in [0.15, 0.2) is 58.8 Å². The summed E-state index contributed by atoms with van der Waals surface area (Å²) in [5.74, 6) is 0. The molecule has 12 heteroatoms. The molecule has 0 aromatic carbocycles. The number of pyridine rings is 2. The first kappa shape index (κ1) is 21.5. The van der Waals surface area contributed by atoms with E-state index in [2.05, 4.69) is 0 Å². The topological polar surface area (TPSA) is 128 Å². The maximum absolute atomic E-state index is 11.3. The van der Waals surface area contributed by atoms with E-state index in [9.17, 15) is 10.4 Å². The molecule has 22 heavy (non-hydrogen) atoms. The van der Waals surface area contributed by atoms with E-state index in [1.54, 1.807) is 36.4 Å². The maximum atomic E-state index is 11.3. The minimum absolute atomic E-state index is 0. The zero-order valence-corrected chi connectivity index (χ0v) is 15.7. The first-order valence-corrected chi connectivity index (χ1v) is 8.73. The molecule has 2 N–H and O–H groups in total. The maximum Gasteiger partial charge on any atom is 1.00 e. The van der Waals surface area contributed by atoms with Gasteiger partial charge in [0, 0.05) is 45.9 Å². The fourth-order valence-electron chi connectivity index (χ4n) is 1.04. The Morgan fingerprint density at radius 3 is 1.50 bits per heavy atom. The van der Waals surface area contributed by atoms with Crippen LogP contribution < -0.4 is 39.0 Å². The predicted molar refractivity (Wildman–Crippen MR) is 77.8 cm³/mol. The van der Waals surface area contributed by atoms with E-state index in [1.165, 1.54) is 34.0 Å². The normalized spacial score (nSPS) is 10.1. The van der Waals surface area contributed by atoms with Crippen LogP contribution in [0.25, 0.3) is 0 Å². The second-order valence-corrected chi connectivity index (χ2v) is 6.41. The third kappa shape index (κ3) is 9.48. The second kappa shape index (κ2) is 10.3. The molecule has 0 fully saturated rings. The van der Waals surface area contributed by atoms with Gasteiger partial charge in [-0.15, -0.1) is 0 Å². The third-order valence-electron chi connectivity index (χ3n) is 1.79. The monoisotopic (exact) mass is 374 g/mol. The molecule has 0 atom stereocenters. The quantitative estimate of drug-likeness (QED) is 0.212. The van der Waals surface area contributed by atoms with Gasteiger partial charge in [-0.05, 0) is 12.1 Å². The van der Waals surface area contributed by atoms with E-state index in [0.29, 0.717) is 10.1 Å². The number of nitrogens with zero attached hydrogens (tertiary/aromatic N) is 2. The number of aromatic nitrogens is 2. The number of hydrogen-bond donors (Lipinski definition) is 2. The molecular weight excluding hydrogens is 363 g/mol. The van der Waals surface area contributed by atoms with Crippen molar-refractivity contribution in [2.75, 3.05) is 0 Å².